The van der Waals surface area contributed by atoms with Crippen LogP contribution in [0.25, 0.3) is 11.0 Å². The molecule has 0 bridgehead atoms. The fourth-order valence-corrected chi connectivity index (χ4v) is 4.39. The number of carbonyl (C=O) groups is 3. The van der Waals surface area contributed by atoms with Crippen molar-refractivity contribution in [1.82, 2.24) is 10.6 Å². The zero-order valence-corrected chi connectivity index (χ0v) is 24.0. The maximum absolute atomic E-state index is 13.2. The van der Waals surface area contributed by atoms with Crippen LogP contribution < -0.4 is 33.0 Å². The highest BCUT2D eigenvalue weighted by molar-refractivity contribution is 6.00. The number of carbonyl (C=O) groups excluding carboxylic acids is 3. The van der Waals surface area contributed by atoms with Crippen LogP contribution >= 0.6 is 0 Å². The second kappa shape index (κ2) is 14.8. The number of anilines is 1. The molecule has 12 heteroatoms. The average Bonchev–Trinajstić information content (AvgIpc) is 2.93. The molecule has 1 heterocycles. The number of nitrogens with two attached hydrogens (primary N) is 2. The van der Waals surface area contributed by atoms with Crippen molar-refractivity contribution in [3.05, 3.63) is 75.6 Å². The molecule has 2 amide bonds. The molecule has 1 aromatic heterocycles. The molecule has 224 valence electrons. The van der Waals surface area contributed by atoms with E-state index in [0.29, 0.717) is 36.0 Å². The van der Waals surface area contributed by atoms with Crippen molar-refractivity contribution in [3.63, 3.8) is 0 Å². The topological polar surface area (TPSA) is 203 Å². The van der Waals surface area contributed by atoms with Crippen molar-refractivity contribution in [1.29, 1.82) is 5.41 Å². The van der Waals surface area contributed by atoms with E-state index in [0.717, 1.165) is 5.56 Å². The number of ether oxygens (including phenoxy) is 1. The van der Waals surface area contributed by atoms with Crippen LogP contribution in [0.2, 0.25) is 0 Å². The van der Waals surface area contributed by atoms with Gasteiger partial charge in [0.1, 0.15) is 23.8 Å². The maximum Gasteiger partial charge on any atom is 0.351 e. The standard InChI is InChI=1S/C30H38N6O6/c1-17(2)14-22(31)26(37)36-23(10-7-13-34-30(32)33)27(38)35-20-11-12-21-18(3)25(29(40)42-24(21)15-20)28(39)41-16-19-8-5-4-6-9-19/h4-6,8-9,11-12,15,17,22-23H,7,10,13-14,16,31H2,1-3H3,(H,35,38)(H,36,37)(H4,32,33,34)/t22-,23-/m0/s1. The summed E-state index contributed by atoms with van der Waals surface area (Å²) in [5, 5.41) is 15.9. The van der Waals surface area contributed by atoms with Crippen LogP contribution in [0.3, 0.4) is 0 Å². The minimum absolute atomic E-state index is 0.00640. The second-order valence-corrected chi connectivity index (χ2v) is 10.4. The van der Waals surface area contributed by atoms with Crippen LogP contribution in [0, 0.1) is 18.3 Å². The van der Waals surface area contributed by atoms with Gasteiger partial charge in [-0.3, -0.25) is 15.0 Å². The molecule has 0 spiro atoms. The number of benzene rings is 2. The second-order valence-electron chi connectivity index (χ2n) is 10.4. The normalized spacial score (nSPS) is 12.4. The number of nitrogens with one attached hydrogen (secondary N) is 4. The molecule has 42 heavy (non-hydrogen) atoms. The van der Waals surface area contributed by atoms with Crippen molar-refractivity contribution >= 4 is 40.4 Å². The van der Waals surface area contributed by atoms with E-state index in [9.17, 15) is 19.2 Å². The Bertz CT molecular complexity index is 1490. The van der Waals surface area contributed by atoms with Gasteiger partial charge >= 0.3 is 11.6 Å². The van der Waals surface area contributed by atoms with Crippen LogP contribution in [-0.4, -0.2) is 42.4 Å². The lowest BCUT2D eigenvalue weighted by Gasteiger charge is -2.21. The van der Waals surface area contributed by atoms with E-state index in [1.807, 2.05) is 32.0 Å². The molecule has 0 saturated heterocycles. The summed E-state index contributed by atoms with van der Waals surface area (Å²) in [6, 6.07) is 12.1. The number of hydrogen-bond acceptors (Lipinski definition) is 8. The Morgan fingerprint density at radius 1 is 1.07 bits per heavy atom. The molecule has 0 aliphatic rings. The van der Waals surface area contributed by atoms with Crippen LogP contribution in [0.5, 0.6) is 0 Å². The lowest BCUT2D eigenvalue weighted by atomic mass is 10.0. The molecule has 12 nitrogen and oxygen atoms in total. The van der Waals surface area contributed by atoms with Gasteiger partial charge in [-0.25, -0.2) is 9.59 Å². The van der Waals surface area contributed by atoms with E-state index in [-0.39, 0.29) is 36.1 Å². The average molecular weight is 579 g/mol. The smallest absolute Gasteiger partial charge is 0.351 e. The monoisotopic (exact) mass is 578 g/mol. The first-order valence-corrected chi connectivity index (χ1v) is 13.7. The molecular weight excluding hydrogens is 540 g/mol. The summed E-state index contributed by atoms with van der Waals surface area (Å²) in [5.41, 5.74) is 11.9. The van der Waals surface area contributed by atoms with Crippen LogP contribution in [0.1, 0.15) is 54.6 Å². The fraction of sp³-hybridized carbons (Fsp3) is 0.367. The van der Waals surface area contributed by atoms with E-state index < -0.39 is 35.5 Å². The molecule has 2 aromatic carbocycles. The highest BCUT2D eigenvalue weighted by atomic mass is 16.5. The van der Waals surface area contributed by atoms with Gasteiger partial charge in [-0.15, -0.1) is 0 Å². The van der Waals surface area contributed by atoms with Gasteiger partial charge in [-0.2, -0.15) is 0 Å². The number of guanidine groups is 1. The first-order valence-electron chi connectivity index (χ1n) is 13.7. The number of fused-ring (bicyclic) bond motifs is 1. The number of hydrogen-bond donors (Lipinski definition) is 6. The first kappa shape index (κ1) is 31.8. The summed E-state index contributed by atoms with van der Waals surface area (Å²) < 4.78 is 10.8. The molecule has 0 saturated carbocycles. The quantitative estimate of drug-likeness (QED) is 0.0579. The third-order valence-electron chi connectivity index (χ3n) is 6.53. The first-order chi connectivity index (χ1) is 20.0. The third kappa shape index (κ3) is 8.90. The Hall–Kier alpha value is -4.71. The van der Waals surface area contributed by atoms with E-state index in [1.54, 1.807) is 31.2 Å². The zero-order chi connectivity index (χ0) is 30.8. The summed E-state index contributed by atoms with van der Waals surface area (Å²) in [7, 11) is 0. The van der Waals surface area contributed by atoms with Gasteiger partial charge in [0.25, 0.3) is 0 Å². The highest BCUT2D eigenvalue weighted by Crippen LogP contribution is 2.24. The summed E-state index contributed by atoms with van der Waals surface area (Å²) >= 11 is 0. The summed E-state index contributed by atoms with van der Waals surface area (Å²) in [4.78, 5) is 51.4. The lowest BCUT2D eigenvalue weighted by Crippen LogP contribution is -2.50. The van der Waals surface area contributed by atoms with Crippen molar-refractivity contribution in [3.8, 4) is 0 Å². The Morgan fingerprint density at radius 2 is 1.79 bits per heavy atom. The maximum atomic E-state index is 13.2. The van der Waals surface area contributed by atoms with Crippen LogP contribution in [0.15, 0.2) is 57.7 Å². The van der Waals surface area contributed by atoms with E-state index in [2.05, 4.69) is 16.0 Å². The molecule has 0 radical (unpaired) electrons. The van der Waals surface area contributed by atoms with Gasteiger partial charge in [0.2, 0.25) is 11.8 Å². The number of aryl methyl sites for hydroxylation is 1. The van der Waals surface area contributed by atoms with E-state index >= 15 is 0 Å². The molecule has 0 aliphatic heterocycles. The fourth-order valence-electron chi connectivity index (χ4n) is 4.39. The number of esters is 1. The predicted molar refractivity (Wildman–Crippen MR) is 160 cm³/mol. The Labute approximate surface area is 243 Å². The summed E-state index contributed by atoms with van der Waals surface area (Å²) in [6.45, 7) is 5.86. The molecule has 8 N–H and O–H groups in total. The van der Waals surface area contributed by atoms with Crippen molar-refractivity contribution in [2.75, 3.05) is 11.9 Å². The van der Waals surface area contributed by atoms with Gasteiger partial charge in [0.05, 0.1) is 6.04 Å². The highest BCUT2D eigenvalue weighted by Gasteiger charge is 2.25. The minimum Gasteiger partial charge on any atom is -0.457 e. The minimum atomic E-state index is -0.921. The van der Waals surface area contributed by atoms with Crippen molar-refractivity contribution in [2.24, 2.45) is 17.4 Å². The zero-order valence-electron chi connectivity index (χ0n) is 24.0. The lowest BCUT2D eigenvalue weighted by molar-refractivity contribution is -0.127. The number of amides is 2. The van der Waals surface area contributed by atoms with Crippen molar-refractivity contribution in [2.45, 2.75) is 58.7 Å². The predicted octanol–water partition coefficient (Wildman–Crippen LogP) is 2.52. The van der Waals surface area contributed by atoms with Crippen LogP contribution in [-0.2, 0) is 20.9 Å². The van der Waals surface area contributed by atoms with Gasteiger partial charge in [-0.05, 0) is 55.4 Å². The number of rotatable bonds is 13. The SMILES string of the molecule is Cc1c(C(=O)OCc2ccccc2)c(=O)oc2cc(NC(=O)[C@H](CCCNC(=N)N)NC(=O)[C@@H](N)CC(C)C)ccc12. The molecule has 0 unspecified atom stereocenters. The van der Waals surface area contributed by atoms with E-state index in [4.69, 9.17) is 26.0 Å². The molecule has 0 fully saturated rings. The van der Waals surface area contributed by atoms with Gasteiger partial charge in [-0.1, -0.05) is 44.2 Å². The molecule has 3 aromatic rings. The molecule has 3 rings (SSSR count). The Kier molecular flexibility index (Phi) is 11.2. The summed E-state index contributed by atoms with van der Waals surface area (Å²) in [5.74, 6) is -1.74. The Morgan fingerprint density at radius 3 is 2.45 bits per heavy atom. The Balaban J connectivity index is 1.76. The van der Waals surface area contributed by atoms with Crippen molar-refractivity contribution < 1.29 is 23.5 Å². The van der Waals surface area contributed by atoms with Gasteiger partial charge in [0.15, 0.2) is 5.96 Å². The molecule has 0 aliphatic carbocycles. The van der Waals surface area contributed by atoms with Gasteiger partial charge < -0.3 is 36.6 Å². The van der Waals surface area contributed by atoms with Crippen LogP contribution in [0.4, 0.5) is 5.69 Å². The molecule has 2 atom stereocenters. The van der Waals surface area contributed by atoms with Gasteiger partial charge in [0, 0.05) is 23.7 Å². The summed E-state index contributed by atoms with van der Waals surface area (Å²) in [6.07, 6.45) is 1.14. The molecular formula is C30H38N6O6. The largest absolute Gasteiger partial charge is 0.457 e. The third-order valence-corrected chi connectivity index (χ3v) is 6.53. The van der Waals surface area contributed by atoms with E-state index in [1.165, 1.54) is 6.07 Å².